The Morgan fingerprint density at radius 3 is 2.70 bits per heavy atom. The van der Waals surface area contributed by atoms with E-state index in [1.807, 2.05) is 6.26 Å². The van der Waals surface area contributed by atoms with Gasteiger partial charge in [-0.3, -0.25) is 14.9 Å². The molecule has 0 bridgehead atoms. The van der Waals surface area contributed by atoms with Gasteiger partial charge in [0.05, 0.1) is 9.95 Å². The molecule has 0 saturated heterocycles. The van der Waals surface area contributed by atoms with Crippen LogP contribution in [0.2, 0.25) is 5.02 Å². The Labute approximate surface area is 126 Å². The number of hydrogen-bond donors (Lipinski definition) is 1. The lowest BCUT2D eigenvalue weighted by Crippen LogP contribution is -2.29. The first kappa shape index (κ1) is 16.6. The summed E-state index contributed by atoms with van der Waals surface area (Å²) in [5, 5.41) is 13.9. The first-order valence-corrected chi connectivity index (χ1v) is 7.59. The molecule has 1 aromatic rings. The maximum absolute atomic E-state index is 12.2. The van der Waals surface area contributed by atoms with Gasteiger partial charge in [-0.1, -0.05) is 11.6 Å². The molecule has 0 fully saturated rings. The van der Waals surface area contributed by atoms with E-state index in [-0.39, 0.29) is 27.9 Å². The standard InChI is InChI=1S/C12H16ClN3O3S/c1-14-11-9(13)6-8(7-10(11)16(18)19)12(17)15(2)4-5-20-3/h6-7,14H,4-5H2,1-3H3. The summed E-state index contributed by atoms with van der Waals surface area (Å²) >= 11 is 7.61. The Hall–Kier alpha value is -1.47. The highest BCUT2D eigenvalue weighted by atomic mass is 35.5. The first-order chi connectivity index (χ1) is 9.42. The van der Waals surface area contributed by atoms with Crippen LogP contribution >= 0.6 is 23.4 Å². The minimum Gasteiger partial charge on any atom is -0.381 e. The third kappa shape index (κ3) is 3.77. The third-order valence-corrected chi connectivity index (χ3v) is 3.63. The van der Waals surface area contributed by atoms with Crippen molar-refractivity contribution in [3.8, 4) is 0 Å². The number of thioether (sulfide) groups is 1. The summed E-state index contributed by atoms with van der Waals surface area (Å²) in [6.07, 6.45) is 1.95. The van der Waals surface area contributed by atoms with E-state index in [9.17, 15) is 14.9 Å². The van der Waals surface area contributed by atoms with Gasteiger partial charge < -0.3 is 10.2 Å². The molecule has 1 aromatic carbocycles. The number of nitrogens with one attached hydrogen (secondary N) is 1. The summed E-state index contributed by atoms with van der Waals surface area (Å²) in [5.74, 6) is 0.513. The van der Waals surface area contributed by atoms with Crippen LogP contribution < -0.4 is 5.32 Å². The van der Waals surface area contributed by atoms with Crippen LogP contribution in [0.1, 0.15) is 10.4 Å². The number of hydrogen-bond acceptors (Lipinski definition) is 5. The lowest BCUT2D eigenvalue weighted by molar-refractivity contribution is -0.383. The monoisotopic (exact) mass is 317 g/mol. The number of nitrogens with zero attached hydrogens (tertiary/aromatic N) is 2. The zero-order valence-corrected chi connectivity index (χ0v) is 13.0. The smallest absolute Gasteiger partial charge is 0.294 e. The molecular formula is C12H16ClN3O3S. The van der Waals surface area contributed by atoms with Crippen molar-refractivity contribution in [2.24, 2.45) is 0 Å². The molecule has 0 atom stereocenters. The highest BCUT2D eigenvalue weighted by molar-refractivity contribution is 7.98. The van der Waals surface area contributed by atoms with Crippen molar-refractivity contribution in [1.29, 1.82) is 0 Å². The Bertz CT molecular complexity index is 525. The summed E-state index contributed by atoms with van der Waals surface area (Å²) < 4.78 is 0. The molecule has 0 radical (unpaired) electrons. The number of rotatable bonds is 6. The van der Waals surface area contributed by atoms with Gasteiger partial charge in [-0.05, 0) is 12.3 Å². The molecule has 0 saturated carbocycles. The van der Waals surface area contributed by atoms with E-state index in [1.54, 1.807) is 25.9 Å². The Morgan fingerprint density at radius 1 is 1.55 bits per heavy atom. The number of nitro groups is 1. The minimum absolute atomic E-state index is 0.156. The molecule has 1 rings (SSSR count). The van der Waals surface area contributed by atoms with Crippen molar-refractivity contribution in [1.82, 2.24) is 4.90 Å². The number of amides is 1. The average Bonchev–Trinajstić information content (AvgIpc) is 2.42. The summed E-state index contributed by atoms with van der Waals surface area (Å²) in [4.78, 5) is 24.2. The fraction of sp³-hybridized carbons (Fsp3) is 0.417. The lowest BCUT2D eigenvalue weighted by Gasteiger charge is -2.17. The SMILES string of the molecule is CNc1c(Cl)cc(C(=O)N(C)CCSC)cc1[N+](=O)[O-]. The van der Waals surface area contributed by atoms with Crippen LogP contribution in [0.4, 0.5) is 11.4 Å². The first-order valence-electron chi connectivity index (χ1n) is 5.82. The number of halogens is 1. The van der Waals surface area contributed by atoms with Gasteiger partial charge in [-0.2, -0.15) is 11.8 Å². The van der Waals surface area contributed by atoms with Crippen molar-refractivity contribution in [2.45, 2.75) is 0 Å². The molecule has 8 heteroatoms. The van der Waals surface area contributed by atoms with Crippen molar-refractivity contribution in [2.75, 3.05) is 38.0 Å². The zero-order valence-electron chi connectivity index (χ0n) is 11.5. The Balaban J connectivity index is 3.13. The van der Waals surface area contributed by atoms with Crippen molar-refractivity contribution >= 4 is 40.6 Å². The highest BCUT2D eigenvalue weighted by Crippen LogP contribution is 2.33. The van der Waals surface area contributed by atoms with Crippen molar-refractivity contribution < 1.29 is 9.72 Å². The molecule has 0 aliphatic rings. The van der Waals surface area contributed by atoms with E-state index in [0.717, 1.165) is 5.75 Å². The number of anilines is 1. The molecule has 1 N–H and O–H groups in total. The van der Waals surface area contributed by atoms with E-state index in [2.05, 4.69) is 5.32 Å². The topological polar surface area (TPSA) is 75.5 Å². The minimum atomic E-state index is -0.559. The summed E-state index contributed by atoms with van der Waals surface area (Å²) in [7, 11) is 3.20. The lowest BCUT2D eigenvalue weighted by atomic mass is 10.1. The number of carbonyl (C=O) groups excluding carboxylic acids is 1. The predicted molar refractivity (Wildman–Crippen MR) is 83.0 cm³/mol. The van der Waals surface area contributed by atoms with Crippen LogP contribution in [-0.2, 0) is 0 Å². The molecule has 0 heterocycles. The van der Waals surface area contributed by atoms with Gasteiger partial charge in [0.25, 0.3) is 11.6 Å². The van der Waals surface area contributed by atoms with Gasteiger partial charge in [-0.25, -0.2) is 0 Å². The van der Waals surface area contributed by atoms with Crippen LogP contribution in [0.25, 0.3) is 0 Å². The molecular weight excluding hydrogens is 302 g/mol. The predicted octanol–water partition coefficient (Wildman–Crippen LogP) is 2.72. The largest absolute Gasteiger partial charge is 0.381 e. The van der Waals surface area contributed by atoms with E-state index < -0.39 is 4.92 Å². The van der Waals surface area contributed by atoms with Crippen LogP contribution in [0.15, 0.2) is 12.1 Å². The van der Waals surface area contributed by atoms with Crippen molar-refractivity contribution in [3.63, 3.8) is 0 Å². The fourth-order valence-electron chi connectivity index (χ4n) is 1.66. The second-order valence-corrected chi connectivity index (χ2v) is 5.47. The van der Waals surface area contributed by atoms with E-state index >= 15 is 0 Å². The number of nitro benzene ring substituents is 1. The third-order valence-electron chi connectivity index (χ3n) is 2.74. The molecule has 0 aliphatic carbocycles. The molecule has 6 nitrogen and oxygen atoms in total. The van der Waals surface area contributed by atoms with Crippen LogP contribution in [-0.4, -0.2) is 48.4 Å². The van der Waals surface area contributed by atoms with Crippen LogP contribution in [0, 0.1) is 10.1 Å². The molecule has 1 amide bonds. The Kier molecular flexibility index (Phi) is 6.09. The van der Waals surface area contributed by atoms with Gasteiger partial charge >= 0.3 is 0 Å². The van der Waals surface area contributed by atoms with Gasteiger partial charge in [0.2, 0.25) is 0 Å². The summed E-state index contributed by atoms with van der Waals surface area (Å²) in [6, 6.07) is 2.69. The molecule has 0 aliphatic heterocycles. The molecule has 0 spiro atoms. The number of carbonyl (C=O) groups is 1. The van der Waals surface area contributed by atoms with Crippen molar-refractivity contribution in [3.05, 3.63) is 32.8 Å². The quantitative estimate of drug-likeness (QED) is 0.645. The zero-order chi connectivity index (χ0) is 15.3. The maximum Gasteiger partial charge on any atom is 0.294 e. The Morgan fingerprint density at radius 2 is 2.20 bits per heavy atom. The molecule has 0 unspecified atom stereocenters. The van der Waals surface area contributed by atoms with Gasteiger partial charge in [0, 0.05) is 38.0 Å². The highest BCUT2D eigenvalue weighted by Gasteiger charge is 2.22. The maximum atomic E-state index is 12.2. The van der Waals surface area contributed by atoms with Crippen LogP contribution in [0.5, 0.6) is 0 Å². The molecule has 0 aromatic heterocycles. The molecule has 110 valence electrons. The van der Waals surface area contributed by atoms with Gasteiger partial charge in [0.15, 0.2) is 0 Å². The summed E-state index contributed by atoms with van der Waals surface area (Å²) in [6.45, 7) is 0.569. The second kappa shape index (κ2) is 7.35. The second-order valence-electron chi connectivity index (χ2n) is 4.08. The molecule has 20 heavy (non-hydrogen) atoms. The van der Waals surface area contributed by atoms with Gasteiger partial charge in [-0.15, -0.1) is 0 Å². The normalized spacial score (nSPS) is 10.2. The van der Waals surface area contributed by atoms with Crippen LogP contribution in [0.3, 0.4) is 0 Å². The summed E-state index contributed by atoms with van der Waals surface area (Å²) in [5.41, 5.74) is 0.214. The van der Waals surface area contributed by atoms with E-state index in [1.165, 1.54) is 17.0 Å². The van der Waals surface area contributed by atoms with Gasteiger partial charge in [0.1, 0.15) is 5.69 Å². The average molecular weight is 318 g/mol. The fourth-order valence-corrected chi connectivity index (χ4v) is 2.42. The number of benzene rings is 1. The van der Waals surface area contributed by atoms with E-state index in [0.29, 0.717) is 6.54 Å². The van der Waals surface area contributed by atoms with E-state index in [4.69, 9.17) is 11.6 Å².